The summed E-state index contributed by atoms with van der Waals surface area (Å²) in [4.78, 5) is 4.06. The molecule has 0 amide bonds. The SMILES string of the molecule is COc1ccc(CN(Cc2ccc(OC)cc2OC)S(=O)(=O)c2ccccn2)c(OC)c1. The molecule has 170 valence electrons. The molecule has 9 heteroatoms. The Morgan fingerprint density at radius 1 is 0.750 bits per heavy atom. The smallest absolute Gasteiger partial charge is 0.261 e. The quantitative estimate of drug-likeness (QED) is 0.459. The van der Waals surface area contributed by atoms with E-state index in [4.69, 9.17) is 18.9 Å². The van der Waals surface area contributed by atoms with Gasteiger partial charge in [0.2, 0.25) is 0 Å². The third kappa shape index (κ3) is 5.12. The number of benzene rings is 2. The lowest BCUT2D eigenvalue weighted by atomic mass is 10.1. The lowest BCUT2D eigenvalue weighted by molar-refractivity contribution is 0.357. The van der Waals surface area contributed by atoms with E-state index in [2.05, 4.69) is 4.98 Å². The standard InChI is InChI=1S/C23H26N2O6S/c1-28-19-10-8-17(21(13-19)30-3)15-25(32(26,27)23-7-5-6-12-24-23)16-18-9-11-20(29-2)14-22(18)31-4/h5-14H,15-16H2,1-4H3. The summed E-state index contributed by atoms with van der Waals surface area (Å²) in [6.45, 7) is 0.114. The minimum absolute atomic E-state index is 0.0417. The van der Waals surface area contributed by atoms with E-state index in [0.29, 0.717) is 34.1 Å². The van der Waals surface area contributed by atoms with Crippen molar-refractivity contribution in [1.29, 1.82) is 0 Å². The maximum Gasteiger partial charge on any atom is 0.261 e. The van der Waals surface area contributed by atoms with Crippen molar-refractivity contribution in [2.45, 2.75) is 18.1 Å². The van der Waals surface area contributed by atoms with E-state index in [0.717, 1.165) is 0 Å². The molecule has 0 unspecified atom stereocenters. The zero-order valence-electron chi connectivity index (χ0n) is 18.4. The van der Waals surface area contributed by atoms with Gasteiger partial charge in [0.25, 0.3) is 10.0 Å². The summed E-state index contributed by atoms with van der Waals surface area (Å²) in [6.07, 6.45) is 1.45. The maximum atomic E-state index is 13.5. The molecular weight excluding hydrogens is 432 g/mol. The highest BCUT2D eigenvalue weighted by Crippen LogP contribution is 2.31. The predicted molar refractivity (Wildman–Crippen MR) is 120 cm³/mol. The average Bonchev–Trinajstić information content (AvgIpc) is 2.84. The Balaban J connectivity index is 2.05. The molecule has 32 heavy (non-hydrogen) atoms. The van der Waals surface area contributed by atoms with Crippen LogP contribution in [-0.2, 0) is 23.1 Å². The van der Waals surface area contributed by atoms with Gasteiger partial charge in [0.15, 0.2) is 5.03 Å². The van der Waals surface area contributed by atoms with Crippen LogP contribution in [0.1, 0.15) is 11.1 Å². The first-order chi connectivity index (χ1) is 15.4. The van der Waals surface area contributed by atoms with Crippen molar-refractivity contribution in [3.8, 4) is 23.0 Å². The number of methoxy groups -OCH3 is 4. The second-order valence-electron chi connectivity index (χ2n) is 6.80. The molecule has 0 bridgehead atoms. The van der Waals surface area contributed by atoms with Crippen molar-refractivity contribution in [2.75, 3.05) is 28.4 Å². The fraction of sp³-hybridized carbons (Fsp3) is 0.261. The van der Waals surface area contributed by atoms with E-state index < -0.39 is 10.0 Å². The van der Waals surface area contributed by atoms with Crippen LogP contribution < -0.4 is 18.9 Å². The van der Waals surface area contributed by atoms with Gasteiger partial charge in [-0.25, -0.2) is 13.4 Å². The van der Waals surface area contributed by atoms with Gasteiger partial charge < -0.3 is 18.9 Å². The third-order valence-electron chi connectivity index (χ3n) is 4.92. The van der Waals surface area contributed by atoms with Gasteiger partial charge in [0.05, 0.1) is 28.4 Å². The fourth-order valence-electron chi connectivity index (χ4n) is 3.20. The molecule has 0 aliphatic rings. The first-order valence-corrected chi connectivity index (χ1v) is 11.2. The molecule has 0 spiro atoms. The molecule has 0 atom stereocenters. The van der Waals surface area contributed by atoms with Crippen molar-refractivity contribution in [1.82, 2.24) is 9.29 Å². The number of sulfonamides is 1. The molecule has 0 aliphatic heterocycles. The molecule has 0 radical (unpaired) electrons. The molecule has 1 heterocycles. The Kier molecular flexibility index (Phi) is 7.55. The molecule has 0 N–H and O–H groups in total. The Bertz CT molecular complexity index is 1090. The van der Waals surface area contributed by atoms with Gasteiger partial charge in [-0.05, 0) is 24.3 Å². The van der Waals surface area contributed by atoms with E-state index in [1.807, 2.05) is 0 Å². The number of pyridine rings is 1. The molecule has 1 aromatic heterocycles. The average molecular weight is 459 g/mol. The largest absolute Gasteiger partial charge is 0.497 e. The number of aromatic nitrogens is 1. The lowest BCUT2D eigenvalue weighted by Crippen LogP contribution is -2.31. The highest BCUT2D eigenvalue weighted by atomic mass is 32.2. The summed E-state index contributed by atoms with van der Waals surface area (Å²) in [6, 6.07) is 15.3. The van der Waals surface area contributed by atoms with Crippen LogP contribution in [0.3, 0.4) is 0 Å². The minimum Gasteiger partial charge on any atom is -0.497 e. The van der Waals surface area contributed by atoms with Gasteiger partial charge in [-0.2, -0.15) is 4.31 Å². The van der Waals surface area contributed by atoms with Crippen LogP contribution in [0.4, 0.5) is 0 Å². The monoisotopic (exact) mass is 458 g/mol. The van der Waals surface area contributed by atoms with Crippen LogP contribution >= 0.6 is 0 Å². The summed E-state index contributed by atoms with van der Waals surface area (Å²) in [5.74, 6) is 2.27. The van der Waals surface area contributed by atoms with E-state index in [9.17, 15) is 8.42 Å². The maximum absolute atomic E-state index is 13.5. The van der Waals surface area contributed by atoms with Gasteiger partial charge in [-0.1, -0.05) is 18.2 Å². The summed E-state index contributed by atoms with van der Waals surface area (Å²) in [5.41, 5.74) is 1.36. The van der Waals surface area contributed by atoms with Crippen LogP contribution in [0.25, 0.3) is 0 Å². The van der Waals surface area contributed by atoms with E-state index in [1.165, 1.54) is 30.8 Å². The van der Waals surface area contributed by atoms with Gasteiger partial charge in [-0.15, -0.1) is 0 Å². The van der Waals surface area contributed by atoms with E-state index in [1.54, 1.807) is 62.8 Å². The van der Waals surface area contributed by atoms with Gasteiger partial charge in [0.1, 0.15) is 23.0 Å². The zero-order chi connectivity index (χ0) is 23.1. The van der Waals surface area contributed by atoms with Gasteiger partial charge in [-0.3, -0.25) is 0 Å². The number of hydrogen-bond donors (Lipinski definition) is 0. The van der Waals surface area contributed by atoms with Crippen molar-refractivity contribution >= 4 is 10.0 Å². The van der Waals surface area contributed by atoms with Crippen LogP contribution in [0, 0.1) is 0 Å². The Hall–Kier alpha value is -3.30. The Morgan fingerprint density at radius 2 is 1.28 bits per heavy atom. The number of ether oxygens (including phenoxy) is 4. The molecular formula is C23H26N2O6S. The number of rotatable bonds is 10. The van der Waals surface area contributed by atoms with Crippen molar-refractivity contribution < 1.29 is 27.4 Å². The van der Waals surface area contributed by atoms with Crippen LogP contribution in [0.5, 0.6) is 23.0 Å². The Morgan fingerprint density at radius 3 is 1.69 bits per heavy atom. The normalized spacial score (nSPS) is 11.3. The second kappa shape index (κ2) is 10.3. The molecule has 0 saturated heterocycles. The molecule has 0 saturated carbocycles. The molecule has 8 nitrogen and oxygen atoms in total. The minimum atomic E-state index is -3.93. The van der Waals surface area contributed by atoms with Crippen LogP contribution in [0.2, 0.25) is 0 Å². The van der Waals surface area contributed by atoms with E-state index >= 15 is 0 Å². The highest BCUT2D eigenvalue weighted by Gasteiger charge is 2.28. The summed E-state index contributed by atoms with van der Waals surface area (Å²) < 4.78 is 49.8. The van der Waals surface area contributed by atoms with Crippen molar-refractivity contribution in [3.63, 3.8) is 0 Å². The number of hydrogen-bond acceptors (Lipinski definition) is 7. The fourth-order valence-corrected chi connectivity index (χ4v) is 4.53. The first-order valence-electron chi connectivity index (χ1n) is 9.76. The van der Waals surface area contributed by atoms with Crippen molar-refractivity contribution in [2.24, 2.45) is 0 Å². The zero-order valence-corrected chi connectivity index (χ0v) is 19.3. The lowest BCUT2D eigenvalue weighted by Gasteiger charge is -2.24. The highest BCUT2D eigenvalue weighted by molar-refractivity contribution is 7.89. The van der Waals surface area contributed by atoms with Crippen molar-refractivity contribution in [3.05, 3.63) is 71.9 Å². The Labute approximate surface area is 188 Å². The van der Waals surface area contributed by atoms with Gasteiger partial charge in [0, 0.05) is 42.5 Å². The summed E-state index contributed by atoms with van der Waals surface area (Å²) in [5, 5.41) is -0.0417. The molecule has 0 aliphatic carbocycles. The second-order valence-corrected chi connectivity index (χ2v) is 8.68. The first kappa shape index (κ1) is 23.4. The molecule has 3 rings (SSSR count). The van der Waals surface area contributed by atoms with Crippen LogP contribution in [0.15, 0.2) is 65.8 Å². The third-order valence-corrected chi connectivity index (χ3v) is 6.63. The predicted octanol–water partition coefficient (Wildman–Crippen LogP) is 3.51. The molecule has 2 aromatic carbocycles. The van der Waals surface area contributed by atoms with Gasteiger partial charge >= 0.3 is 0 Å². The van der Waals surface area contributed by atoms with Crippen LogP contribution in [-0.4, -0.2) is 46.1 Å². The molecule has 3 aromatic rings. The molecule has 0 fully saturated rings. The summed E-state index contributed by atoms with van der Waals surface area (Å²) in [7, 11) is 2.25. The van der Waals surface area contributed by atoms with E-state index in [-0.39, 0.29) is 18.1 Å². The summed E-state index contributed by atoms with van der Waals surface area (Å²) >= 11 is 0. The number of nitrogens with zero attached hydrogens (tertiary/aromatic N) is 2. The topological polar surface area (TPSA) is 87.2 Å².